The number of carbonyl (C=O) groups excluding carboxylic acids is 1. The van der Waals surface area contributed by atoms with Crippen molar-refractivity contribution >= 4 is 52.4 Å². The molecule has 0 atom stereocenters. The van der Waals surface area contributed by atoms with Crippen LogP contribution in [0.3, 0.4) is 0 Å². The van der Waals surface area contributed by atoms with Crippen molar-refractivity contribution in [3.63, 3.8) is 0 Å². The molecule has 0 aromatic heterocycles. The Kier molecular flexibility index (Phi) is 25.1. The average Bonchev–Trinajstić information content (AvgIpc) is 1.56. The molecule has 13 heavy (non-hydrogen) atoms. The number of aliphatic carboxylic acids is 2. The van der Waals surface area contributed by atoms with Gasteiger partial charge in [-0.05, 0) is 6.92 Å². The highest BCUT2D eigenvalue weighted by Gasteiger charge is 1.98. The van der Waals surface area contributed by atoms with E-state index in [1.54, 1.807) is 0 Å². The second-order valence-electron chi connectivity index (χ2n) is 1.79. The first-order valence-corrected chi connectivity index (χ1v) is 2.77. The Hall–Kier alpha value is -0.325. The molecular formula is C6H16Al2O5. The Morgan fingerprint density at radius 2 is 1.23 bits per heavy atom. The second kappa shape index (κ2) is 14.2. The van der Waals surface area contributed by atoms with Crippen molar-refractivity contribution in [3.8, 4) is 0 Å². The third-order valence-corrected chi connectivity index (χ3v) is 0.400. The van der Waals surface area contributed by atoms with E-state index in [0.29, 0.717) is 0 Å². The quantitative estimate of drug-likeness (QED) is 0.407. The molecule has 0 spiro atoms. The van der Waals surface area contributed by atoms with Crippen LogP contribution in [-0.4, -0.2) is 62.7 Å². The normalized spacial score (nSPS) is 6.31. The molecule has 0 saturated heterocycles. The van der Waals surface area contributed by atoms with Gasteiger partial charge in [0.1, 0.15) is 12.2 Å². The van der Waals surface area contributed by atoms with Crippen LogP contribution in [0.2, 0.25) is 0 Å². The summed E-state index contributed by atoms with van der Waals surface area (Å²) in [6.07, 6.45) is -0.361. The van der Waals surface area contributed by atoms with Gasteiger partial charge in [-0.15, -0.1) is 0 Å². The van der Waals surface area contributed by atoms with E-state index in [4.69, 9.17) is 15.0 Å². The van der Waals surface area contributed by atoms with Crippen molar-refractivity contribution in [1.82, 2.24) is 0 Å². The molecule has 7 heteroatoms. The molecule has 0 aliphatic heterocycles. The monoisotopic (exact) mass is 222 g/mol. The fourth-order valence-corrected chi connectivity index (χ4v) is 0.213. The predicted octanol–water partition coefficient (Wildman–Crippen LogP) is -2.23. The van der Waals surface area contributed by atoms with Gasteiger partial charge in [0.2, 0.25) is 0 Å². The number of carboxylic acids is 2. The van der Waals surface area contributed by atoms with Crippen molar-refractivity contribution < 1.29 is 24.6 Å². The fraction of sp³-hybridized carbons (Fsp3) is 0.500. The summed E-state index contributed by atoms with van der Waals surface area (Å²) in [5.41, 5.74) is 0. The van der Waals surface area contributed by atoms with Crippen LogP contribution in [0.4, 0.5) is 0 Å². The molecule has 0 aromatic carbocycles. The molecule has 0 saturated carbocycles. The summed E-state index contributed by atoms with van der Waals surface area (Å²) in [4.78, 5) is 28.5. The number of Topliss-reactive ketones (excluding diaryl/α,β-unsaturated/α-hetero) is 1. The fourth-order valence-electron chi connectivity index (χ4n) is 0.213. The van der Waals surface area contributed by atoms with Gasteiger partial charge in [0.05, 0.1) is 0 Å². The number of rotatable bonds is 2. The third kappa shape index (κ3) is 80.9. The van der Waals surface area contributed by atoms with Crippen molar-refractivity contribution in [2.45, 2.75) is 20.3 Å². The molecular weight excluding hydrogens is 206 g/mol. The van der Waals surface area contributed by atoms with Crippen LogP contribution < -0.4 is 0 Å². The first-order chi connectivity index (χ1) is 4.86. The molecule has 0 unspecified atom stereocenters. The zero-order valence-electron chi connectivity index (χ0n) is 6.33. The standard InChI is InChI=1S/C4H6O3.C2H4O2.2Al.6H/c1-3(5)2-4(6)7;1-2(3)4;;;;;;;;/h2H2,1H3,(H,6,7);1H3,(H,3,4);;;;;;;;. The van der Waals surface area contributed by atoms with Gasteiger partial charge in [-0.2, -0.15) is 0 Å². The summed E-state index contributed by atoms with van der Waals surface area (Å²) in [7, 11) is 0. The van der Waals surface area contributed by atoms with Crippen LogP contribution in [-0.2, 0) is 14.4 Å². The number of hydrogen-bond acceptors (Lipinski definition) is 3. The molecule has 0 amide bonds. The smallest absolute Gasteiger partial charge is 0.310 e. The van der Waals surface area contributed by atoms with Gasteiger partial charge in [-0.1, -0.05) is 0 Å². The molecule has 0 bridgehead atoms. The van der Waals surface area contributed by atoms with Gasteiger partial charge in [0.25, 0.3) is 5.97 Å². The first-order valence-electron chi connectivity index (χ1n) is 2.77. The molecule has 76 valence electrons. The Bertz CT molecular complexity index is 152. The minimum Gasteiger partial charge on any atom is -0.481 e. The molecule has 0 rings (SSSR count). The summed E-state index contributed by atoms with van der Waals surface area (Å²) in [5.74, 6) is -2.21. The summed E-state index contributed by atoms with van der Waals surface area (Å²) < 4.78 is 0. The van der Waals surface area contributed by atoms with Crippen LogP contribution in [0.5, 0.6) is 0 Å². The lowest BCUT2D eigenvalue weighted by Crippen LogP contribution is -2.00. The molecule has 0 fully saturated rings. The number of hydrogen-bond donors (Lipinski definition) is 2. The highest BCUT2D eigenvalue weighted by Crippen LogP contribution is 1.77. The first kappa shape index (κ1) is 23.0. The van der Waals surface area contributed by atoms with Gasteiger partial charge >= 0.3 is 5.97 Å². The summed E-state index contributed by atoms with van der Waals surface area (Å²) in [6.45, 7) is 2.33. The van der Waals surface area contributed by atoms with E-state index in [1.165, 1.54) is 6.92 Å². The maximum Gasteiger partial charge on any atom is 0.310 e. The lowest BCUT2D eigenvalue weighted by atomic mass is 10.3. The minimum absolute atomic E-state index is 0. The van der Waals surface area contributed by atoms with E-state index in [9.17, 15) is 9.59 Å². The number of ketones is 1. The highest BCUT2D eigenvalue weighted by molar-refractivity contribution is 5.93. The zero-order valence-corrected chi connectivity index (χ0v) is 6.33. The van der Waals surface area contributed by atoms with Crippen LogP contribution in [0.15, 0.2) is 0 Å². The summed E-state index contributed by atoms with van der Waals surface area (Å²) >= 11 is 0. The predicted molar refractivity (Wildman–Crippen MR) is 56.1 cm³/mol. The SMILES string of the molecule is CC(=O)CC(=O)O.CC(=O)O.[AlH3].[AlH3]. The van der Waals surface area contributed by atoms with E-state index in [0.717, 1.165) is 6.92 Å². The van der Waals surface area contributed by atoms with Gasteiger partial charge in [0, 0.05) is 6.92 Å². The van der Waals surface area contributed by atoms with Gasteiger partial charge < -0.3 is 10.2 Å². The number of carbonyl (C=O) groups is 3. The van der Waals surface area contributed by atoms with Crippen molar-refractivity contribution in [1.29, 1.82) is 0 Å². The molecule has 2 N–H and O–H groups in total. The molecule has 5 nitrogen and oxygen atoms in total. The lowest BCUT2D eigenvalue weighted by Gasteiger charge is -1.80. The maximum absolute atomic E-state index is 9.87. The molecule has 0 aliphatic carbocycles. The second-order valence-corrected chi connectivity index (χ2v) is 1.79. The third-order valence-electron chi connectivity index (χ3n) is 0.400. The molecule has 0 aromatic rings. The lowest BCUT2D eigenvalue weighted by molar-refractivity contribution is -0.140. The highest BCUT2D eigenvalue weighted by atomic mass is 27.0. The Labute approximate surface area is 97.4 Å². The van der Waals surface area contributed by atoms with Gasteiger partial charge in [-0.3, -0.25) is 14.4 Å². The molecule has 0 radical (unpaired) electrons. The average molecular weight is 222 g/mol. The topological polar surface area (TPSA) is 91.7 Å². The Balaban J connectivity index is -0.0000000600. The van der Waals surface area contributed by atoms with E-state index in [2.05, 4.69) is 0 Å². The van der Waals surface area contributed by atoms with Crippen molar-refractivity contribution in [2.24, 2.45) is 0 Å². The van der Waals surface area contributed by atoms with Crippen LogP contribution in [0, 0.1) is 0 Å². The summed E-state index contributed by atoms with van der Waals surface area (Å²) in [5, 5.41) is 15.3. The van der Waals surface area contributed by atoms with Crippen molar-refractivity contribution in [3.05, 3.63) is 0 Å². The van der Waals surface area contributed by atoms with E-state index < -0.39 is 11.9 Å². The summed E-state index contributed by atoms with van der Waals surface area (Å²) in [6, 6.07) is 0. The van der Waals surface area contributed by atoms with Gasteiger partial charge in [-0.25, -0.2) is 0 Å². The van der Waals surface area contributed by atoms with Crippen LogP contribution in [0.25, 0.3) is 0 Å². The van der Waals surface area contributed by atoms with E-state index in [1.807, 2.05) is 0 Å². The largest absolute Gasteiger partial charge is 0.481 e. The van der Waals surface area contributed by atoms with Crippen molar-refractivity contribution in [2.75, 3.05) is 0 Å². The van der Waals surface area contributed by atoms with Gasteiger partial charge in [0.15, 0.2) is 34.7 Å². The molecule has 0 heterocycles. The Morgan fingerprint density at radius 1 is 1.00 bits per heavy atom. The number of carboxylic acid groups (broad SMARTS) is 2. The Morgan fingerprint density at radius 3 is 1.23 bits per heavy atom. The maximum atomic E-state index is 9.87. The molecule has 0 aliphatic rings. The van der Waals surface area contributed by atoms with Crippen LogP contribution >= 0.6 is 0 Å². The van der Waals surface area contributed by atoms with E-state index in [-0.39, 0.29) is 46.9 Å². The minimum atomic E-state index is -1.06. The van der Waals surface area contributed by atoms with Crippen LogP contribution in [0.1, 0.15) is 20.3 Å². The zero-order chi connectivity index (χ0) is 9.44. The van der Waals surface area contributed by atoms with E-state index >= 15 is 0 Å².